The molecule has 5 aromatic carbocycles. The average molecular weight is 986 g/mol. The zero-order valence-corrected chi connectivity index (χ0v) is 39.5. The fraction of sp³-hybridized carbons (Fsp3) is 0.224. The normalized spacial score (nSPS) is 14.9. The number of rotatable bonds is 4. The van der Waals surface area contributed by atoms with Gasteiger partial charge in [0.05, 0.1) is 0 Å². The Labute approximate surface area is 410 Å². The molecule has 10 aromatic rings. The van der Waals surface area contributed by atoms with Crippen molar-refractivity contribution in [3.63, 3.8) is 0 Å². The van der Waals surface area contributed by atoms with Gasteiger partial charge in [0.25, 0.3) is 0 Å². The maximum absolute atomic E-state index is 11.4. The highest BCUT2D eigenvalue weighted by Gasteiger charge is 2.29. The summed E-state index contributed by atoms with van der Waals surface area (Å²) < 4.78 is 1.98. The first-order chi connectivity index (χ1) is 32.4. The lowest BCUT2D eigenvalue weighted by atomic mass is 10.0. The van der Waals surface area contributed by atoms with Gasteiger partial charge in [0, 0.05) is 74.1 Å². The Morgan fingerprint density at radius 1 is 0.403 bits per heavy atom. The second-order valence-corrected chi connectivity index (χ2v) is 19.2. The van der Waals surface area contributed by atoms with Crippen LogP contribution in [0.1, 0.15) is 105 Å². The Bertz CT molecular complexity index is 3230. The maximum Gasteiger partial charge on any atom is 0.188 e. The minimum Gasteiger partial charge on any atom is -0.619 e. The molecule has 5 heterocycles. The van der Waals surface area contributed by atoms with Crippen molar-refractivity contribution in [3.05, 3.63) is 213 Å². The lowest BCUT2D eigenvalue weighted by Crippen LogP contribution is -2.25. The number of hydrogen-bond donors (Lipinski definition) is 0. The number of hydrogen-bond acceptors (Lipinski definition) is 5. The predicted molar refractivity (Wildman–Crippen MR) is 282 cm³/mol. The van der Waals surface area contributed by atoms with Gasteiger partial charge in [-0.3, -0.25) is 9.97 Å². The molecule has 14 rings (SSSR count). The third-order valence-corrected chi connectivity index (χ3v) is 14.0. The molecule has 0 spiro atoms. The zero-order valence-electron chi connectivity index (χ0n) is 36.4. The van der Waals surface area contributed by atoms with Crippen molar-refractivity contribution in [2.24, 2.45) is 0 Å². The molecular weight excluding hydrogens is 933 g/mol. The Hall–Kier alpha value is -5.99. The molecule has 6 nitrogen and oxygen atoms in total. The van der Waals surface area contributed by atoms with Gasteiger partial charge >= 0.3 is 0 Å². The van der Waals surface area contributed by atoms with E-state index in [0.29, 0.717) is 16.2 Å². The van der Waals surface area contributed by atoms with E-state index >= 15 is 0 Å². The number of aromatic nitrogens is 5. The first kappa shape index (κ1) is 46.1. The van der Waals surface area contributed by atoms with Crippen LogP contribution in [0.25, 0.3) is 53.9 Å². The van der Waals surface area contributed by atoms with E-state index in [0.717, 1.165) is 43.1 Å². The van der Waals surface area contributed by atoms with Crippen molar-refractivity contribution >= 4 is 93.0 Å². The van der Waals surface area contributed by atoms with Crippen molar-refractivity contribution in [2.75, 3.05) is 0 Å². The summed E-state index contributed by atoms with van der Waals surface area (Å²) in [6.07, 6.45) is 25.2. The topological polar surface area (TPSA) is 78.5 Å². The van der Waals surface area contributed by atoms with Crippen LogP contribution in [0.2, 0.25) is 10.3 Å². The molecule has 4 aliphatic carbocycles. The number of nitrogens with zero attached hydrogens (tertiary/aromatic N) is 5. The second kappa shape index (κ2) is 20.9. The molecule has 0 saturated heterocycles. The summed E-state index contributed by atoms with van der Waals surface area (Å²) in [7, 11) is 0. The van der Waals surface area contributed by atoms with Gasteiger partial charge in [0.2, 0.25) is 0 Å². The van der Waals surface area contributed by atoms with E-state index in [-0.39, 0.29) is 7.43 Å². The Morgan fingerprint density at radius 2 is 0.761 bits per heavy atom. The minimum atomic E-state index is 0. The lowest BCUT2D eigenvalue weighted by molar-refractivity contribution is -0.604. The van der Waals surface area contributed by atoms with Crippen LogP contribution < -0.4 is 4.73 Å². The smallest absolute Gasteiger partial charge is 0.188 e. The lowest BCUT2D eigenvalue weighted by Gasteiger charge is -2.05. The molecule has 0 aliphatic heterocycles. The zero-order chi connectivity index (χ0) is 45.0. The molecule has 0 atom stereocenters. The predicted octanol–water partition coefficient (Wildman–Crippen LogP) is 16.6. The molecular formula is C58H52BrCl2N5O. The Morgan fingerprint density at radius 3 is 1.24 bits per heavy atom. The minimum absolute atomic E-state index is 0. The number of pyridine rings is 5. The summed E-state index contributed by atoms with van der Waals surface area (Å²) in [5.74, 6) is 2.87. The van der Waals surface area contributed by atoms with Crippen molar-refractivity contribution in [2.45, 2.75) is 82.5 Å². The average Bonchev–Trinajstić information content (AvgIpc) is 4.15. The third-order valence-electron chi connectivity index (χ3n) is 12.7. The van der Waals surface area contributed by atoms with Gasteiger partial charge in [-0.05, 0) is 141 Å². The molecule has 0 unspecified atom stereocenters. The summed E-state index contributed by atoms with van der Waals surface area (Å²) in [6, 6.07) is 41.2. The highest BCUT2D eigenvalue weighted by Crippen LogP contribution is 2.45. The molecule has 67 heavy (non-hydrogen) atoms. The fourth-order valence-corrected chi connectivity index (χ4v) is 9.62. The first-order valence-electron chi connectivity index (χ1n) is 22.9. The van der Waals surface area contributed by atoms with E-state index in [1.165, 1.54) is 111 Å². The van der Waals surface area contributed by atoms with Gasteiger partial charge in [-0.2, -0.15) is 4.73 Å². The molecule has 0 radical (unpaired) electrons. The number of fused-ring (bicyclic) bond motifs is 5. The monoisotopic (exact) mass is 983 g/mol. The summed E-state index contributed by atoms with van der Waals surface area (Å²) in [4.78, 5) is 16.8. The highest BCUT2D eigenvalue weighted by atomic mass is 79.9. The van der Waals surface area contributed by atoms with Crippen LogP contribution in [0.3, 0.4) is 0 Å². The largest absolute Gasteiger partial charge is 0.619 e. The number of halogens is 3. The van der Waals surface area contributed by atoms with E-state index < -0.39 is 0 Å². The van der Waals surface area contributed by atoms with E-state index in [1.807, 2.05) is 97.8 Å². The van der Waals surface area contributed by atoms with E-state index in [1.54, 1.807) is 12.4 Å². The first-order valence-corrected chi connectivity index (χ1v) is 24.4. The Kier molecular flexibility index (Phi) is 14.4. The number of benzene rings is 5. The molecule has 4 fully saturated rings. The van der Waals surface area contributed by atoms with Gasteiger partial charge in [-0.1, -0.05) is 146 Å². The standard InChI is InChI=1S/2C12H10ClN.C12H11NO.C12H11N.C9H6BrN.CH4/c2*13-12-10-4-2-1-3-9(10)11(7-14-12)8-5-6-8;14-13-7-10-3-1-2-4-11(10)12(8-13)9-5-6-9;1-2-4-11-10(3-1)7-13-8-12(11)9-5-6-9;10-9-6-11-5-7-3-1-2-4-8(7)9;/h2*1-4,7-8H,5-6H2;1-4,7-9H,5-6H2;1-4,7-9H,5-6H2;1-6H;1H4. The molecule has 0 bridgehead atoms. The van der Waals surface area contributed by atoms with Crippen LogP contribution in [0.5, 0.6) is 0 Å². The van der Waals surface area contributed by atoms with Crippen molar-refractivity contribution in [1.29, 1.82) is 0 Å². The summed E-state index contributed by atoms with van der Waals surface area (Å²) in [5.41, 5.74) is 5.39. The SMILES string of the molecule is Brc1cncc2ccccc12.C.Clc1ncc(C2CC2)c2ccccc12.Clc1ncc(C2CC2)c2ccccc12.[O-][n+]1cc(C2CC2)c2ccccc2c1.c1ccc2c(C3CC3)cncc2c1. The fourth-order valence-electron chi connectivity index (χ4n) is 8.71. The molecule has 0 N–H and O–H groups in total. The van der Waals surface area contributed by atoms with Crippen molar-refractivity contribution < 1.29 is 4.73 Å². The maximum atomic E-state index is 11.4. The van der Waals surface area contributed by atoms with Crippen LogP contribution in [-0.4, -0.2) is 19.9 Å². The molecule has 9 heteroatoms. The van der Waals surface area contributed by atoms with Gasteiger partial charge in [-0.15, -0.1) is 0 Å². The van der Waals surface area contributed by atoms with Crippen LogP contribution in [0.4, 0.5) is 0 Å². The van der Waals surface area contributed by atoms with Gasteiger partial charge in [0.1, 0.15) is 10.3 Å². The summed E-state index contributed by atoms with van der Waals surface area (Å²) >= 11 is 15.5. The second-order valence-electron chi connectivity index (χ2n) is 17.6. The van der Waals surface area contributed by atoms with Gasteiger partial charge in [-0.25, -0.2) is 9.97 Å². The van der Waals surface area contributed by atoms with Crippen LogP contribution in [0.15, 0.2) is 175 Å². The van der Waals surface area contributed by atoms with Gasteiger partial charge in [0.15, 0.2) is 12.4 Å². The van der Waals surface area contributed by atoms with Crippen LogP contribution in [0, 0.1) is 5.21 Å². The van der Waals surface area contributed by atoms with E-state index in [2.05, 4.69) is 96.5 Å². The molecule has 5 aromatic heterocycles. The van der Waals surface area contributed by atoms with E-state index in [9.17, 15) is 5.21 Å². The Balaban J connectivity index is 0.000000105. The molecule has 4 aliphatic rings. The van der Waals surface area contributed by atoms with Gasteiger partial charge < -0.3 is 5.21 Å². The van der Waals surface area contributed by atoms with Crippen LogP contribution in [-0.2, 0) is 0 Å². The van der Waals surface area contributed by atoms with Crippen molar-refractivity contribution in [1.82, 2.24) is 19.9 Å². The molecule has 336 valence electrons. The summed E-state index contributed by atoms with van der Waals surface area (Å²) in [5, 5.41) is 24.6. The van der Waals surface area contributed by atoms with E-state index in [4.69, 9.17) is 23.2 Å². The molecule has 0 amide bonds. The quantitative estimate of drug-likeness (QED) is 0.0997. The highest BCUT2D eigenvalue weighted by molar-refractivity contribution is 9.10. The van der Waals surface area contributed by atoms with Crippen LogP contribution >= 0.6 is 39.1 Å². The summed E-state index contributed by atoms with van der Waals surface area (Å²) in [6.45, 7) is 0. The van der Waals surface area contributed by atoms with Crippen molar-refractivity contribution in [3.8, 4) is 0 Å². The molecule has 4 saturated carbocycles. The third kappa shape index (κ3) is 11.1.